The minimum atomic E-state index is -0.114. The van der Waals surface area contributed by atoms with Gasteiger partial charge in [-0.3, -0.25) is 4.79 Å². The van der Waals surface area contributed by atoms with Crippen LogP contribution in [0.4, 0.5) is 0 Å². The monoisotopic (exact) mass is 403 g/mol. The molecule has 0 saturated heterocycles. The van der Waals surface area contributed by atoms with Crippen molar-refractivity contribution in [3.63, 3.8) is 0 Å². The third-order valence-electron chi connectivity index (χ3n) is 4.44. The van der Waals surface area contributed by atoms with Gasteiger partial charge >= 0.3 is 0 Å². The summed E-state index contributed by atoms with van der Waals surface area (Å²) in [7, 11) is 0. The predicted molar refractivity (Wildman–Crippen MR) is 106 cm³/mol. The highest BCUT2D eigenvalue weighted by molar-refractivity contribution is 9.10. The number of benzene rings is 2. The van der Waals surface area contributed by atoms with Gasteiger partial charge in [-0.2, -0.15) is 0 Å². The lowest BCUT2D eigenvalue weighted by Crippen LogP contribution is -2.32. The molecule has 3 nitrogen and oxygen atoms in total. The summed E-state index contributed by atoms with van der Waals surface area (Å²) in [5, 5.41) is 3.06. The summed E-state index contributed by atoms with van der Waals surface area (Å²) in [6, 6.07) is 12.3. The van der Waals surface area contributed by atoms with Gasteiger partial charge in [0.15, 0.2) is 6.61 Å². The topological polar surface area (TPSA) is 38.3 Å². The minimum Gasteiger partial charge on any atom is -0.483 e. The van der Waals surface area contributed by atoms with Crippen molar-refractivity contribution in [3.05, 3.63) is 63.1 Å². The van der Waals surface area contributed by atoms with Crippen molar-refractivity contribution >= 4 is 21.8 Å². The van der Waals surface area contributed by atoms with E-state index in [0.717, 1.165) is 22.9 Å². The summed E-state index contributed by atoms with van der Waals surface area (Å²) in [6.45, 7) is 8.36. The first kappa shape index (κ1) is 19.5. The zero-order valence-corrected chi connectivity index (χ0v) is 16.9. The van der Waals surface area contributed by atoms with E-state index < -0.39 is 0 Å². The maximum Gasteiger partial charge on any atom is 0.258 e. The Kier molecular flexibility index (Phi) is 7.06. The molecule has 0 aliphatic carbocycles. The van der Waals surface area contributed by atoms with Gasteiger partial charge < -0.3 is 10.1 Å². The number of amides is 1. The van der Waals surface area contributed by atoms with Gasteiger partial charge in [-0.1, -0.05) is 38.1 Å². The van der Waals surface area contributed by atoms with Crippen LogP contribution in [0.3, 0.4) is 0 Å². The summed E-state index contributed by atoms with van der Waals surface area (Å²) in [5.74, 6) is 0.572. The van der Waals surface area contributed by atoms with E-state index in [1.165, 1.54) is 16.7 Å². The van der Waals surface area contributed by atoms with Crippen molar-refractivity contribution in [3.8, 4) is 5.75 Å². The van der Waals surface area contributed by atoms with Crippen LogP contribution in [0.5, 0.6) is 5.75 Å². The van der Waals surface area contributed by atoms with E-state index in [-0.39, 0.29) is 18.6 Å². The average Bonchev–Trinajstić information content (AvgIpc) is 2.61. The highest BCUT2D eigenvalue weighted by atomic mass is 79.9. The maximum absolute atomic E-state index is 12.3. The first-order chi connectivity index (χ1) is 11.9. The number of rotatable bonds is 7. The normalized spacial score (nSPS) is 11.9. The minimum absolute atomic E-state index is 0.00121. The van der Waals surface area contributed by atoms with Gasteiger partial charge in [0.25, 0.3) is 5.91 Å². The molecule has 1 unspecified atom stereocenters. The third kappa shape index (κ3) is 5.33. The Labute approximate surface area is 158 Å². The molecule has 2 aromatic rings. The second-order valence-electron chi connectivity index (χ2n) is 6.28. The van der Waals surface area contributed by atoms with Gasteiger partial charge in [-0.05, 0) is 77.0 Å². The number of carbonyl (C=O) groups is 1. The number of hydrogen-bond donors (Lipinski definition) is 1. The van der Waals surface area contributed by atoms with E-state index in [1.807, 2.05) is 18.2 Å². The fourth-order valence-electron chi connectivity index (χ4n) is 2.66. The second-order valence-corrected chi connectivity index (χ2v) is 7.13. The number of aryl methyl sites for hydroxylation is 3. The predicted octanol–water partition coefficient (Wildman–Crippen LogP) is 5.27. The zero-order chi connectivity index (χ0) is 18.4. The highest BCUT2D eigenvalue weighted by Gasteiger charge is 2.14. The Morgan fingerprint density at radius 2 is 1.88 bits per heavy atom. The number of nitrogens with one attached hydrogen (secondary N) is 1. The highest BCUT2D eigenvalue weighted by Crippen LogP contribution is 2.26. The summed E-state index contributed by atoms with van der Waals surface area (Å²) in [4.78, 5) is 12.3. The molecule has 0 bridgehead atoms. The Hall–Kier alpha value is -1.81. The van der Waals surface area contributed by atoms with Crippen molar-refractivity contribution in [2.75, 3.05) is 6.61 Å². The van der Waals surface area contributed by atoms with Crippen molar-refractivity contribution in [2.45, 2.75) is 46.6 Å². The molecular weight excluding hydrogens is 378 g/mol. The van der Waals surface area contributed by atoms with E-state index in [1.54, 1.807) is 0 Å². The number of halogens is 1. The molecule has 1 N–H and O–H groups in total. The molecule has 134 valence electrons. The lowest BCUT2D eigenvalue weighted by molar-refractivity contribution is -0.123. The summed E-state index contributed by atoms with van der Waals surface area (Å²) < 4.78 is 6.54. The fraction of sp³-hybridized carbons (Fsp3) is 0.381. The van der Waals surface area contributed by atoms with Crippen LogP contribution in [0.2, 0.25) is 0 Å². The molecule has 25 heavy (non-hydrogen) atoms. The van der Waals surface area contributed by atoms with Gasteiger partial charge in [0.2, 0.25) is 0 Å². The Morgan fingerprint density at radius 1 is 1.12 bits per heavy atom. The number of hydrogen-bond acceptors (Lipinski definition) is 2. The van der Waals surface area contributed by atoms with Gasteiger partial charge in [0.05, 0.1) is 10.5 Å². The molecule has 0 aliphatic rings. The van der Waals surface area contributed by atoms with Crippen LogP contribution in [0.25, 0.3) is 0 Å². The molecule has 0 radical (unpaired) electrons. The quantitative estimate of drug-likeness (QED) is 0.682. The van der Waals surface area contributed by atoms with Crippen molar-refractivity contribution < 1.29 is 9.53 Å². The van der Waals surface area contributed by atoms with E-state index in [0.29, 0.717) is 5.75 Å². The van der Waals surface area contributed by atoms with E-state index in [9.17, 15) is 4.79 Å². The van der Waals surface area contributed by atoms with Crippen LogP contribution in [0, 0.1) is 13.8 Å². The molecular formula is C21H26BrNO2. The number of carbonyl (C=O) groups excluding carboxylic acids is 1. The molecule has 2 aromatic carbocycles. The summed E-state index contributed by atoms with van der Waals surface area (Å²) in [5.41, 5.74) is 4.85. The van der Waals surface area contributed by atoms with Gasteiger partial charge in [0, 0.05) is 0 Å². The molecule has 0 saturated carbocycles. The largest absolute Gasteiger partial charge is 0.483 e. The molecule has 0 spiro atoms. The van der Waals surface area contributed by atoms with Crippen molar-refractivity contribution in [1.29, 1.82) is 0 Å². The Morgan fingerprint density at radius 3 is 2.48 bits per heavy atom. The second kappa shape index (κ2) is 9.04. The molecule has 0 aromatic heterocycles. The summed E-state index contributed by atoms with van der Waals surface area (Å²) in [6.07, 6.45) is 1.80. The third-order valence-corrected chi connectivity index (χ3v) is 5.06. The molecule has 0 fully saturated rings. The SMILES string of the molecule is CCc1ccc(OCC(=O)NC(CC)c2ccc(C)c(C)c2)c(Br)c1. The van der Waals surface area contributed by atoms with Gasteiger partial charge in [0.1, 0.15) is 5.75 Å². The molecule has 0 heterocycles. The lowest BCUT2D eigenvalue weighted by Gasteiger charge is -2.19. The zero-order valence-electron chi connectivity index (χ0n) is 15.4. The standard InChI is InChI=1S/C21H26BrNO2/c1-5-16-8-10-20(18(22)12-16)25-13-21(24)23-19(6-2)17-9-7-14(3)15(4)11-17/h7-12,19H,5-6,13H2,1-4H3,(H,23,24). The van der Waals surface area contributed by atoms with E-state index in [4.69, 9.17) is 4.74 Å². The van der Waals surface area contributed by atoms with Crippen LogP contribution in [0.1, 0.15) is 48.6 Å². The number of ether oxygens (including phenoxy) is 1. The average molecular weight is 404 g/mol. The van der Waals surface area contributed by atoms with Crippen LogP contribution >= 0.6 is 15.9 Å². The van der Waals surface area contributed by atoms with Gasteiger partial charge in [-0.25, -0.2) is 0 Å². The van der Waals surface area contributed by atoms with Crippen LogP contribution in [-0.2, 0) is 11.2 Å². The molecule has 1 atom stereocenters. The van der Waals surface area contributed by atoms with Crippen molar-refractivity contribution in [1.82, 2.24) is 5.32 Å². The Bertz CT molecular complexity index is 743. The maximum atomic E-state index is 12.3. The Balaban J connectivity index is 1.97. The lowest BCUT2D eigenvalue weighted by atomic mass is 9.99. The first-order valence-electron chi connectivity index (χ1n) is 8.72. The smallest absolute Gasteiger partial charge is 0.258 e. The molecule has 4 heteroatoms. The van der Waals surface area contributed by atoms with Crippen LogP contribution in [0.15, 0.2) is 40.9 Å². The van der Waals surface area contributed by atoms with E-state index in [2.05, 4.69) is 67.1 Å². The van der Waals surface area contributed by atoms with Crippen LogP contribution < -0.4 is 10.1 Å². The van der Waals surface area contributed by atoms with E-state index >= 15 is 0 Å². The molecule has 0 aliphatic heterocycles. The van der Waals surface area contributed by atoms with Gasteiger partial charge in [-0.15, -0.1) is 0 Å². The first-order valence-corrected chi connectivity index (χ1v) is 9.51. The molecule has 2 rings (SSSR count). The van der Waals surface area contributed by atoms with Crippen LogP contribution in [-0.4, -0.2) is 12.5 Å². The fourth-order valence-corrected chi connectivity index (χ4v) is 3.20. The molecule has 1 amide bonds. The van der Waals surface area contributed by atoms with Crippen molar-refractivity contribution in [2.24, 2.45) is 0 Å². The summed E-state index contributed by atoms with van der Waals surface area (Å²) >= 11 is 3.50.